The summed E-state index contributed by atoms with van der Waals surface area (Å²) in [6.07, 6.45) is 0. The van der Waals surface area contributed by atoms with Crippen molar-refractivity contribution in [1.82, 2.24) is 0 Å². The predicted molar refractivity (Wildman–Crippen MR) is 305 cm³/mol. The Kier molecular flexibility index (Phi) is 14.5. The van der Waals surface area contributed by atoms with E-state index in [1.54, 1.807) is 0 Å². The van der Waals surface area contributed by atoms with Crippen LogP contribution in [-0.4, -0.2) is 0 Å². The molecule has 0 heterocycles. The molecule has 0 amide bonds. The molecule has 0 aromatic heterocycles. The molecule has 0 aliphatic heterocycles. The largest absolute Gasteiger partial charge is 0.0616 e. The van der Waals surface area contributed by atoms with Crippen LogP contribution in [0.1, 0.15) is 89.0 Å². The molecule has 0 saturated heterocycles. The Morgan fingerprint density at radius 3 is 0.458 bits per heavy atom. The summed E-state index contributed by atoms with van der Waals surface area (Å²) in [4.78, 5) is 0. The van der Waals surface area contributed by atoms with Crippen LogP contribution in [0.5, 0.6) is 0 Å². The topological polar surface area (TPSA) is 0 Å². The number of allylic oxidation sites excluding steroid dienone is 8. The van der Waals surface area contributed by atoms with Crippen LogP contribution in [0.15, 0.2) is 216 Å². The minimum absolute atomic E-state index is 0.810. The Morgan fingerprint density at radius 2 is 0.306 bits per heavy atom. The molecule has 0 atom stereocenters. The molecule has 0 bridgehead atoms. The van der Waals surface area contributed by atoms with E-state index in [2.05, 4.69) is 297 Å². The molecular weight excluding hydrogens is 865 g/mol. The van der Waals surface area contributed by atoms with Crippen molar-refractivity contribution in [2.45, 2.75) is 55.4 Å². The van der Waals surface area contributed by atoms with Crippen LogP contribution in [0, 0.1) is 103 Å². The molecular formula is C72H56. The molecule has 8 aromatic carbocycles. The van der Waals surface area contributed by atoms with Crippen LogP contribution in [0.4, 0.5) is 0 Å². The van der Waals surface area contributed by atoms with Gasteiger partial charge in [0, 0.05) is 66.8 Å². The first-order chi connectivity index (χ1) is 34.9. The lowest BCUT2D eigenvalue weighted by molar-refractivity contribution is 1.41. The van der Waals surface area contributed by atoms with E-state index < -0.39 is 0 Å². The van der Waals surface area contributed by atoms with Crippen molar-refractivity contribution in [2.75, 3.05) is 0 Å². The van der Waals surface area contributed by atoms with Crippen molar-refractivity contribution < 1.29 is 0 Å². The molecule has 0 spiro atoms. The smallest absolute Gasteiger partial charge is 0.0431 e. The lowest BCUT2D eigenvalue weighted by atomic mass is 9.74. The van der Waals surface area contributed by atoms with Gasteiger partial charge in [-0.25, -0.2) is 0 Å². The third-order valence-electron chi connectivity index (χ3n) is 12.9. The van der Waals surface area contributed by atoms with Crippen LogP contribution in [-0.2, 0) is 0 Å². The highest BCUT2D eigenvalue weighted by Crippen LogP contribution is 2.48. The quantitative estimate of drug-likeness (QED) is 0.154. The first-order valence-corrected chi connectivity index (χ1v) is 24.6. The second-order valence-corrected chi connectivity index (χ2v) is 18.9. The van der Waals surface area contributed by atoms with Crippen molar-refractivity contribution in [3.8, 4) is 47.4 Å². The lowest BCUT2D eigenvalue weighted by Crippen LogP contribution is -2.10. The molecule has 8 aromatic rings. The van der Waals surface area contributed by atoms with Gasteiger partial charge in [0.2, 0.25) is 0 Å². The van der Waals surface area contributed by atoms with Gasteiger partial charge in [0.05, 0.1) is 0 Å². The van der Waals surface area contributed by atoms with E-state index in [-0.39, 0.29) is 0 Å². The second-order valence-electron chi connectivity index (χ2n) is 18.9. The van der Waals surface area contributed by atoms with Crippen LogP contribution in [0.25, 0.3) is 22.3 Å². The van der Waals surface area contributed by atoms with E-state index in [1.807, 2.05) is 0 Å². The van der Waals surface area contributed by atoms with Crippen molar-refractivity contribution >= 4 is 22.3 Å². The fourth-order valence-corrected chi connectivity index (χ4v) is 8.62. The minimum atomic E-state index is 0.810. The average Bonchev–Trinajstić information content (AvgIpc) is 3.38. The Hall–Kier alpha value is -9.04. The molecule has 0 nitrogen and oxygen atoms in total. The van der Waals surface area contributed by atoms with Gasteiger partial charge in [0.15, 0.2) is 0 Å². The summed E-state index contributed by atoms with van der Waals surface area (Å²) in [5, 5.41) is 0. The van der Waals surface area contributed by atoms with Crippen molar-refractivity contribution in [3.05, 3.63) is 305 Å². The van der Waals surface area contributed by atoms with Gasteiger partial charge in [-0.15, -0.1) is 0 Å². The molecule has 0 radical (unpaired) electrons. The maximum Gasteiger partial charge on any atom is 0.0431 e. The number of benzene rings is 8. The van der Waals surface area contributed by atoms with Gasteiger partial charge in [-0.3, -0.25) is 0 Å². The average molecular weight is 921 g/mol. The molecule has 0 fully saturated rings. The lowest BCUT2D eigenvalue weighted by Gasteiger charge is -2.27. The first-order valence-electron chi connectivity index (χ1n) is 24.6. The molecule has 0 saturated carbocycles. The number of aryl methyl sites for hydroxylation is 8. The zero-order chi connectivity index (χ0) is 50.1. The van der Waals surface area contributed by atoms with E-state index in [1.165, 1.54) is 22.3 Å². The van der Waals surface area contributed by atoms with Crippen LogP contribution >= 0.6 is 0 Å². The summed E-state index contributed by atoms with van der Waals surface area (Å²) >= 11 is 0. The number of hydrogen-bond acceptors (Lipinski definition) is 0. The Bertz CT molecular complexity index is 3170. The first kappa shape index (κ1) is 48.0. The predicted octanol–water partition coefficient (Wildman–Crippen LogP) is 16.5. The Morgan fingerprint density at radius 1 is 0.167 bits per heavy atom. The second kappa shape index (κ2) is 21.7. The van der Waals surface area contributed by atoms with Gasteiger partial charge >= 0.3 is 0 Å². The van der Waals surface area contributed by atoms with E-state index in [9.17, 15) is 0 Å². The highest BCUT2D eigenvalue weighted by atomic mass is 14.3. The summed E-state index contributed by atoms with van der Waals surface area (Å²) in [5.74, 6) is 30.4. The maximum absolute atomic E-state index is 3.91. The molecule has 0 unspecified atom stereocenters. The summed E-state index contributed by atoms with van der Waals surface area (Å²) < 4.78 is 0. The van der Waals surface area contributed by atoms with Gasteiger partial charge < -0.3 is 0 Å². The van der Waals surface area contributed by atoms with Crippen LogP contribution in [0.3, 0.4) is 0 Å². The van der Waals surface area contributed by atoms with Gasteiger partial charge in [0.25, 0.3) is 0 Å². The Balaban J connectivity index is 1.61. The SMILES string of the molecule is Cc1ccc(C#CC2=C(c3ccc(C)cc3)/C(C#Cc3ccc(C)cc3)=C(c3ccc(C)cc3)\C(C#Cc3ccc(C)cc3)=C(c3ccc(C)cc3)/C(C#Cc3ccc(C)cc3)=C\2c2ccc(C)cc2)cc1. The molecule has 1 aliphatic rings. The minimum Gasteiger partial charge on any atom is -0.0616 e. The number of hydrogen-bond donors (Lipinski definition) is 0. The van der Waals surface area contributed by atoms with E-state index in [0.29, 0.717) is 0 Å². The van der Waals surface area contributed by atoms with E-state index in [0.717, 1.165) is 111 Å². The van der Waals surface area contributed by atoms with E-state index >= 15 is 0 Å². The zero-order valence-corrected chi connectivity index (χ0v) is 42.5. The van der Waals surface area contributed by atoms with Gasteiger partial charge in [-0.2, -0.15) is 0 Å². The van der Waals surface area contributed by atoms with Crippen molar-refractivity contribution in [2.24, 2.45) is 0 Å². The molecule has 1 aliphatic carbocycles. The molecule has 9 rings (SSSR count). The summed E-state index contributed by atoms with van der Waals surface area (Å²) in [5.41, 5.74) is 23.7. The summed E-state index contributed by atoms with van der Waals surface area (Å²) in [6.45, 7) is 17.0. The van der Waals surface area contributed by atoms with Crippen molar-refractivity contribution in [3.63, 3.8) is 0 Å². The van der Waals surface area contributed by atoms with Gasteiger partial charge in [-0.05, 0) is 126 Å². The highest BCUT2D eigenvalue weighted by molar-refractivity contribution is 6.16. The van der Waals surface area contributed by atoms with Gasteiger partial charge in [0.1, 0.15) is 0 Å². The number of rotatable bonds is 4. The van der Waals surface area contributed by atoms with E-state index in [4.69, 9.17) is 0 Å². The third-order valence-corrected chi connectivity index (χ3v) is 12.9. The fourth-order valence-electron chi connectivity index (χ4n) is 8.62. The third kappa shape index (κ3) is 11.3. The molecule has 344 valence electrons. The van der Waals surface area contributed by atoms with Crippen molar-refractivity contribution in [1.29, 1.82) is 0 Å². The fraction of sp³-hybridized carbons (Fsp3) is 0.111. The molecule has 72 heavy (non-hydrogen) atoms. The standard InChI is InChI=1S/C72H56/c1-49-9-25-57(26-10-49)33-45-65-69(61-37-17-53(5)18-38-61)66(46-34-58-27-11-50(2)12-28-58)71(63-41-21-55(7)22-42-63)68(48-36-60-31-15-52(4)16-32-60)72(64-43-23-56(8)24-44-64)67(47-35-59-29-13-51(3)14-30-59)70(65)62-39-19-54(6)20-40-62/h9-32,37-44H,1-8H3/b69-65-,69-66?,70-65?,70-67-,71-66-,71-68?,72-67?,72-68-. The summed E-state index contributed by atoms with van der Waals surface area (Å²) in [6, 6.07) is 69.0. The van der Waals surface area contributed by atoms with Crippen LogP contribution in [0.2, 0.25) is 0 Å². The Labute approximate surface area is 428 Å². The normalized spacial score (nSPS) is 16.3. The monoisotopic (exact) mass is 920 g/mol. The molecule has 0 N–H and O–H groups in total. The summed E-state index contributed by atoms with van der Waals surface area (Å²) in [7, 11) is 0. The van der Waals surface area contributed by atoms with Crippen LogP contribution < -0.4 is 0 Å². The maximum atomic E-state index is 3.91. The highest BCUT2D eigenvalue weighted by Gasteiger charge is 2.31. The molecule has 0 heteroatoms. The van der Waals surface area contributed by atoms with Gasteiger partial charge in [-0.1, -0.05) is 237 Å². The zero-order valence-electron chi connectivity index (χ0n) is 42.5.